The fourth-order valence-corrected chi connectivity index (χ4v) is 6.24. The molecule has 1 amide bonds. The number of carbonyl (C=O) groups excluding carboxylic acids is 2. The van der Waals surface area contributed by atoms with Crippen LogP contribution < -0.4 is 10.6 Å². The molecule has 2 aliphatic rings. The molecule has 0 aromatic carbocycles. The van der Waals surface area contributed by atoms with Gasteiger partial charge in [-0.1, -0.05) is 71.4 Å². The molecule has 0 bridgehead atoms. The largest absolute Gasteiger partial charge is 0.480 e. The van der Waals surface area contributed by atoms with Crippen LogP contribution in [0.1, 0.15) is 74.1 Å². The highest BCUT2D eigenvalue weighted by atomic mass is 16.5. The number of carbonyl (C=O) groups is 3. The molecule has 2 rings (SSSR count). The third-order valence-electron chi connectivity index (χ3n) is 9.20. The molecule has 0 spiro atoms. The average molecular weight is 608 g/mol. The molecule has 248 valence electrons. The van der Waals surface area contributed by atoms with Gasteiger partial charge in [0.2, 0.25) is 6.41 Å². The van der Waals surface area contributed by atoms with E-state index in [9.17, 15) is 14.4 Å². The number of carboxylic acid groups (broad SMARTS) is 1. The van der Waals surface area contributed by atoms with Gasteiger partial charge in [-0.15, -0.1) is 0 Å². The highest BCUT2D eigenvalue weighted by Gasteiger charge is 2.58. The average Bonchev–Trinajstić information content (AvgIpc) is 3.49. The van der Waals surface area contributed by atoms with Gasteiger partial charge < -0.3 is 30.0 Å². The van der Waals surface area contributed by atoms with Crippen LogP contribution in [-0.4, -0.2) is 93.4 Å². The van der Waals surface area contributed by atoms with Gasteiger partial charge in [-0.05, 0) is 63.6 Å². The Morgan fingerprint density at radius 3 is 2.16 bits per heavy atom. The van der Waals surface area contributed by atoms with E-state index in [1.807, 2.05) is 34.1 Å². The van der Waals surface area contributed by atoms with E-state index in [0.29, 0.717) is 36.8 Å². The van der Waals surface area contributed by atoms with Crippen LogP contribution in [0.15, 0.2) is 36.0 Å². The number of hydrogen-bond donors (Lipinski definition) is 3. The zero-order valence-corrected chi connectivity index (χ0v) is 28.6. The number of allylic oxidation sites excluding steroid dienone is 4. The van der Waals surface area contributed by atoms with Crippen molar-refractivity contribution >= 4 is 18.7 Å². The van der Waals surface area contributed by atoms with E-state index < -0.39 is 12.0 Å². The number of ether oxygens (including phenoxy) is 2. The van der Waals surface area contributed by atoms with Crippen molar-refractivity contribution in [2.24, 2.45) is 23.7 Å². The molecule has 9 atom stereocenters. The normalized spacial score (nSPS) is 25.0. The lowest BCUT2D eigenvalue weighted by Crippen LogP contribution is -2.43. The summed E-state index contributed by atoms with van der Waals surface area (Å²) in [5.41, 5.74) is 1.82. The zero-order valence-electron chi connectivity index (χ0n) is 28.6. The number of piperidine rings is 1. The second-order valence-corrected chi connectivity index (χ2v) is 12.1. The Labute approximate surface area is 261 Å². The lowest BCUT2D eigenvalue weighted by atomic mass is 9.93. The molecule has 1 saturated heterocycles. The number of methoxy groups -OCH3 is 2. The molecule has 3 N–H and O–H groups in total. The van der Waals surface area contributed by atoms with Gasteiger partial charge in [-0.3, -0.25) is 9.69 Å². The zero-order chi connectivity index (χ0) is 33.3. The molecule has 1 aliphatic heterocycles. The van der Waals surface area contributed by atoms with Gasteiger partial charge in [0.1, 0.15) is 12.3 Å². The Hall–Kier alpha value is -2.33. The SMILES string of the molecule is C=C/C=C(CC(NC=O)C(=O)O)\C(C)=C/C.CCC(C)C(NC)C(CC=O)OC.COC(C(C)C)C1CC2C(C)C2N1C. The van der Waals surface area contributed by atoms with Crippen molar-refractivity contribution < 1.29 is 29.0 Å². The first-order valence-electron chi connectivity index (χ1n) is 15.6. The van der Waals surface area contributed by atoms with Crippen molar-refractivity contribution in [1.82, 2.24) is 15.5 Å². The Balaban J connectivity index is 0.000000619. The second kappa shape index (κ2) is 21.4. The predicted molar refractivity (Wildman–Crippen MR) is 175 cm³/mol. The summed E-state index contributed by atoms with van der Waals surface area (Å²) in [5.74, 6) is 1.99. The topological polar surface area (TPSA) is 117 Å². The Bertz CT molecular complexity index is 905. The quantitative estimate of drug-likeness (QED) is 0.158. The Morgan fingerprint density at radius 1 is 1.19 bits per heavy atom. The van der Waals surface area contributed by atoms with Crippen molar-refractivity contribution in [3.8, 4) is 0 Å². The Kier molecular flexibility index (Phi) is 20.2. The van der Waals surface area contributed by atoms with Gasteiger partial charge in [0.25, 0.3) is 0 Å². The summed E-state index contributed by atoms with van der Waals surface area (Å²) in [6.07, 6.45) is 10.1. The minimum absolute atomic E-state index is 0.00236. The molecule has 1 aliphatic carbocycles. The molecule has 2 fully saturated rings. The molecule has 0 aromatic rings. The molecule has 1 heterocycles. The molecule has 43 heavy (non-hydrogen) atoms. The summed E-state index contributed by atoms with van der Waals surface area (Å²) < 4.78 is 10.9. The molecule has 9 heteroatoms. The van der Waals surface area contributed by atoms with E-state index >= 15 is 0 Å². The number of hydrogen-bond acceptors (Lipinski definition) is 7. The number of amides is 1. The van der Waals surface area contributed by atoms with E-state index in [-0.39, 0.29) is 18.6 Å². The van der Waals surface area contributed by atoms with Crippen LogP contribution >= 0.6 is 0 Å². The fraction of sp³-hybridized carbons (Fsp3) is 0.735. The van der Waals surface area contributed by atoms with E-state index in [4.69, 9.17) is 14.6 Å². The first-order valence-corrected chi connectivity index (χ1v) is 15.6. The van der Waals surface area contributed by atoms with Gasteiger partial charge in [0, 0.05) is 45.2 Å². The van der Waals surface area contributed by atoms with Crippen LogP contribution in [0.4, 0.5) is 0 Å². The minimum Gasteiger partial charge on any atom is -0.480 e. The van der Waals surface area contributed by atoms with E-state index in [1.165, 1.54) is 6.42 Å². The first kappa shape index (κ1) is 40.7. The molecule has 0 radical (unpaired) electrons. The van der Waals surface area contributed by atoms with Crippen molar-refractivity contribution in [1.29, 1.82) is 0 Å². The summed E-state index contributed by atoms with van der Waals surface area (Å²) in [4.78, 5) is 34.1. The van der Waals surface area contributed by atoms with Crippen molar-refractivity contribution in [2.75, 3.05) is 28.3 Å². The minimum atomic E-state index is -1.05. The van der Waals surface area contributed by atoms with Crippen LogP contribution in [0.2, 0.25) is 0 Å². The second-order valence-electron chi connectivity index (χ2n) is 12.1. The van der Waals surface area contributed by atoms with Crippen molar-refractivity contribution in [3.63, 3.8) is 0 Å². The highest BCUT2D eigenvalue weighted by Crippen LogP contribution is 2.53. The van der Waals surface area contributed by atoms with Crippen molar-refractivity contribution in [2.45, 2.75) is 111 Å². The lowest BCUT2D eigenvalue weighted by Gasteiger charge is -2.33. The summed E-state index contributed by atoms with van der Waals surface area (Å²) in [7, 11) is 7.69. The smallest absolute Gasteiger partial charge is 0.326 e. The molecular formula is C34H61N3O6. The first-order chi connectivity index (χ1) is 20.3. The van der Waals surface area contributed by atoms with Gasteiger partial charge >= 0.3 is 5.97 Å². The van der Waals surface area contributed by atoms with Gasteiger partial charge in [0.15, 0.2) is 0 Å². The fourth-order valence-electron chi connectivity index (χ4n) is 6.24. The van der Waals surface area contributed by atoms with E-state index in [2.05, 4.69) is 63.8 Å². The maximum absolute atomic E-state index is 10.8. The lowest BCUT2D eigenvalue weighted by molar-refractivity contribution is -0.140. The molecule has 1 saturated carbocycles. The monoisotopic (exact) mass is 607 g/mol. The molecule has 0 aromatic heterocycles. The summed E-state index contributed by atoms with van der Waals surface area (Å²) in [5, 5.41) is 14.4. The van der Waals surface area contributed by atoms with Gasteiger partial charge in [-0.2, -0.15) is 0 Å². The number of nitrogens with zero attached hydrogens (tertiary/aromatic N) is 1. The number of likely N-dealkylation sites (tertiary alicyclic amines) is 1. The number of likely N-dealkylation sites (N-methyl/N-ethyl adjacent to an activating group) is 2. The van der Waals surface area contributed by atoms with E-state index in [1.54, 1.807) is 19.3 Å². The third kappa shape index (κ3) is 12.7. The van der Waals surface area contributed by atoms with Crippen LogP contribution in [0.3, 0.4) is 0 Å². The molecular weight excluding hydrogens is 546 g/mol. The van der Waals surface area contributed by atoms with Gasteiger partial charge in [0.05, 0.1) is 12.2 Å². The number of nitrogens with one attached hydrogen (secondary N) is 2. The summed E-state index contributed by atoms with van der Waals surface area (Å²) in [6.45, 7) is 18.5. The maximum atomic E-state index is 10.8. The van der Waals surface area contributed by atoms with Crippen molar-refractivity contribution in [3.05, 3.63) is 36.0 Å². The van der Waals surface area contributed by atoms with Crippen LogP contribution in [0.5, 0.6) is 0 Å². The molecule has 9 nitrogen and oxygen atoms in total. The van der Waals surface area contributed by atoms with Gasteiger partial charge in [-0.25, -0.2) is 4.79 Å². The summed E-state index contributed by atoms with van der Waals surface area (Å²) in [6, 6.07) is 0.876. The Morgan fingerprint density at radius 2 is 1.81 bits per heavy atom. The van der Waals surface area contributed by atoms with Crippen LogP contribution in [0, 0.1) is 23.7 Å². The number of aldehydes is 1. The van der Waals surface area contributed by atoms with E-state index in [0.717, 1.165) is 41.7 Å². The number of rotatable bonds is 17. The standard InChI is InChI=1S/C12H17NO3.C12H23NO.C10H21NO2/c1-4-6-10(9(3)5-2)7-11(12(15)16)13-8-14;1-7(2)12(14-5)10-6-9-8(3)11(9)13(10)4;1-5-8(2)10(11-3)9(13-4)6-7-12/h4-6,8,11H,1,7H2,2-3H3,(H,13,14)(H,15,16);7-12H,6H2,1-5H3;7-11H,5-6H2,1-4H3/b9-5-,10-6-;;. The number of carboxylic acids is 1. The van der Waals surface area contributed by atoms with Crippen LogP contribution in [-0.2, 0) is 23.9 Å². The number of aliphatic carboxylic acids is 1. The summed E-state index contributed by atoms with van der Waals surface area (Å²) >= 11 is 0. The molecule has 9 unspecified atom stereocenters. The number of fused-ring (bicyclic) bond motifs is 1. The van der Waals surface area contributed by atoms with Crippen LogP contribution in [0.25, 0.3) is 0 Å². The maximum Gasteiger partial charge on any atom is 0.326 e. The third-order valence-corrected chi connectivity index (χ3v) is 9.20. The highest BCUT2D eigenvalue weighted by molar-refractivity contribution is 5.76. The predicted octanol–water partition coefficient (Wildman–Crippen LogP) is 4.87.